The van der Waals surface area contributed by atoms with E-state index in [1.165, 1.54) is 5.56 Å². The number of fused-ring (bicyclic) bond motifs is 1. The average Bonchev–Trinajstić information content (AvgIpc) is 2.28. The molecule has 2 rings (SSSR count). The minimum atomic E-state index is 0.690. The first-order valence-electron chi connectivity index (χ1n) is 3.89. The van der Waals surface area contributed by atoms with Gasteiger partial charge in [0.25, 0.3) is 0 Å². The largest absolute Gasteiger partial charge is 0.439 e. The van der Waals surface area contributed by atoms with Crippen molar-refractivity contribution in [2.24, 2.45) is 0 Å². The Bertz CT molecular complexity index is 344. The molecule has 0 fully saturated rings. The highest BCUT2D eigenvalue weighted by molar-refractivity contribution is 5.66. The fourth-order valence-corrected chi connectivity index (χ4v) is 1.31. The minimum absolute atomic E-state index is 0.690. The zero-order valence-electron chi connectivity index (χ0n) is 7.29. The first-order chi connectivity index (χ1) is 5.68. The van der Waals surface area contributed by atoms with Crippen LogP contribution in [0, 0.1) is 6.92 Å². The van der Waals surface area contributed by atoms with Gasteiger partial charge in [0.05, 0.1) is 5.69 Å². The Hall–Kier alpha value is -1.44. The number of anilines is 1. The van der Waals surface area contributed by atoms with Gasteiger partial charge in [0.2, 0.25) is 0 Å². The quantitative estimate of drug-likeness (QED) is 0.579. The lowest BCUT2D eigenvalue weighted by atomic mass is 10.2. The molecule has 12 heavy (non-hydrogen) atoms. The minimum Gasteiger partial charge on any atom is -0.439 e. The van der Waals surface area contributed by atoms with Gasteiger partial charge in [-0.05, 0) is 31.2 Å². The van der Waals surface area contributed by atoms with Crippen LogP contribution in [-0.4, -0.2) is 7.05 Å². The summed E-state index contributed by atoms with van der Waals surface area (Å²) < 4.78 is 5.43. The predicted molar refractivity (Wildman–Crippen MR) is 49.4 cm³/mol. The lowest BCUT2D eigenvalue weighted by Gasteiger charge is -2.08. The average molecular weight is 161 g/mol. The maximum absolute atomic E-state index is 5.43. The fraction of sp³-hybridized carbons (Fsp3) is 0.200. The van der Waals surface area contributed by atoms with Crippen molar-refractivity contribution in [1.82, 2.24) is 0 Å². The lowest BCUT2D eigenvalue weighted by Crippen LogP contribution is -2.11. The molecule has 1 aromatic rings. The van der Waals surface area contributed by atoms with Crippen molar-refractivity contribution in [1.29, 1.82) is 0 Å². The lowest BCUT2D eigenvalue weighted by molar-refractivity contribution is 0.446. The molecule has 62 valence electrons. The molecule has 0 N–H and O–H groups in total. The van der Waals surface area contributed by atoms with Crippen LogP contribution < -0.4 is 9.64 Å². The molecule has 1 aliphatic heterocycles. The van der Waals surface area contributed by atoms with Crippen molar-refractivity contribution in [3.8, 4) is 5.75 Å². The second kappa shape index (κ2) is 2.27. The molecule has 1 aromatic carbocycles. The topological polar surface area (TPSA) is 12.5 Å². The van der Waals surface area contributed by atoms with Crippen LogP contribution in [0.2, 0.25) is 0 Å². The molecule has 0 spiro atoms. The highest BCUT2D eigenvalue weighted by atomic mass is 16.5. The van der Waals surface area contributed by atoms with Gasteiger partial charge in [-0.25, -0.2) is 0 Å². The molecule has 0 bridgehead atoms. The Labute approximate surface area is 72.1 Å². The summed E-state index contributed by atoms with van der Waals surface area (Å²) in [6.07, 6.45) is 0. The van der Waals surface area contributed by atoms with E-state index in [4.69, 9.17) is 4.74 Å². The van der Waals surface area contributed by atoms with Gasteiger partial charge in [0.15, 0.2) is 11.6 Å². The van der Waals surface area contributed by atoms with Crippen molar-refractivity contribution >= 4 is 5.69 Å². The van der Waals surface area contributed by atoms with E-state index in [0.29, 0.717) is 5.88 Å². The van der Waals surface area contributed by atoms with Crippen LogP contribution in [-0.2, 0) is 0 Å². The second-order valence-electron chi connectivity index (χ2n) is 3.03. The summed E-state index contributed by atoms with van der Waals surface area (Å²) in [5.74, 6) is 1.60. The van der Waals surface area contributed by atoms with Gasteiger partial charge in [0.1, 0.15) is 0 Å². The molecule has 0 saturated heterocycles. The van der Waals surface area contributed by atoms with E-state index in [-0.39, 0.29) is 0 Å². The van der Waals surface area contributed by atoms with E-state index in [0.717, 1.165) is 11.4 Å². The van der Waals surface area contributed by atoms with Crippen LogP contribution in [0.5, 0.6) is 5.75 Å². The Kier molecular flexibility index (Phi) is 1.37. The van der Waals surface area contributed by atoms with Gasteiger partial charge in [-0.15, -0.1) is 0 Å². The zero-order valence-corrected chi connectivity index (χ0v) is 7.29. The first-order valence-corrected chi connectivity index (χ1v) is 3.89. The zero-order chi connectivity index (χ0) is 8.72. The Morgan fingerprint density at radius 2 is 2.17 bits per heavy atom. The monoisotopic (exact) mass is 161 g/mol. The maximum atomic E-state index is 5.43. The highest BCUT2D eigenvalue weighted by Gasteiger charge is 2.20. The third-order valence-corrected chi connectivity index (χ3v) is 2.08. The summed E-state index contributed by atoms with van der Waals surface area (Å²) in [5.41, 5.74) is 2.29. The molecular formula is C10H11NO. The van der Waals surface area contributed by atoms with Crippen LogP contribution in [0.25, 0.3) is 0 Å². The molecule has 0 radical (unpaired) electrons. The van der Waals surface area contributed by atoms with E-state index in [2.05, 4.69) is 12.6 Å². The summed E-state index contributed by atoms with van der Waals surface area (Å²) >= 11 is 0. The van der Waals surface area contributed by atoms with Crippen LogP contribution in [0.4, 0.5) is 5.69 Å². The molecule has 2 heteroatoms. The Balaban J connectivity index is 2.54. The standard InChI is InChI=1S/C10H11NO/c1-7-4-5-9-10(6-7)12-8(2)11(9)3/h4-6H,2H2,1,3H3. The summed E-state index contributed by atoms with van der Waals surface area (Å²) in [6, 6.07) is 6.13. The van der Waals surface area contributed by atoms with Crippen molar-refractivity contribution in [2.45, 2.75) is 6.92 Å². The Morgan fingerprint density at radius 3 is 2.92 bits per heavy atom. The van der Waals surface area contributed by atoms with Crippen LogP contribution in [0.3, 0.4) is 0 Å². The van der Waals surface area contributed by atoms with Crippen LogP contribution >= 0.6 is 0 Å². The fourth-order valence-electron chi connectivity index (χ4n) is 1.31. The van der Waals surface area contributed by atoms with Gasteiger partial charge in [-0.1, -0.05) is 6.07 Å². The molecular weight excluding hydrogens is 150 g/mol. The summed E-state index contributed by atoms with van der Waals surface area (Å²) in [5, 5.41) is 0. The van der Waals surface area contributed by atoms with Gasteiger partial charge in [0, 0.05) is 7.05 Å². The van der Waals surface area contributed by atoms with Crippen molar-refractivity contribution < 1.29 is 4.74 Å². The molecule has 1 heterocycles. The van der Waals surface area contributed by atoms with E-state index in [1.807, 2.05) is 31.0 Å². The first kappa shape index (κ1) is 7.22. The van der Waals surface area contributed by atoms with Crippen LogP contribution in [0.15, 0.2) is 30.7 Å². The number of benzene rings is 1. The third kappa shape index (κ3) is 0.881. The summed E-state index contributed by atoms with van der Waals surface area (Å²) in [6.45, 7) is 5.83. The molecule has 0 aromatic heterocycles. The third-order valence-electron chi connectivity index (χ3n) is 2.08. The van der Waals surface area contributed by atoms with Gasteiger partial charge in [-0.2, -0.15) is 0 Å². The maximum Gasteiger partial charge on any atom is 0.193 e. The van der Waals surface area contributed by atoms with E-state index in [1.54, 1.807) is 0 Å². The number of ether oxygens (including phenoxy) is 1. The molecule has 2 nitrogen and oxygen atoms in total. The SMILES string of the molecule is C=C1Oc2cc(C)ccc2N1C. The second-order valence-corrected chi connectivity index (χ2v) is 3.03. The Morgan fingerprint density at radius 1 is 1.42 bits per heavy atom. The van der Waals surface area contributed by atoms with Crippen molar-refractivity contribution in [3.05, 3.63) is 36.2 Å². The van der Waals surface area contributed by atoms with Crippen LogP contribution in [0.1, 0.15) is 5.56 Å². The summed E-state index contributed by atoms with van der Waals surface area (Å²) in [7, 11) is 1.95. The molecule has 0 atom stereocenters. The predicted octanol–water partition coefficient (Wildman–Crippen LogP) is 2.29. The van der Waals surface area contributed by atoms with Gasteiger partial charge >= 0.3 is 0 Å². The normalized spacial score (nSPS) is 14.5. The number of hydrogen-bond acceptors (Lipinski definition) is 2. The number of rotatable bonds is 0. The molecule has 0 amide bonds. The highest BCUT2D eigenvalue weighted by Crippen LogP contribution is 2.37. The van der Waals surface area contributed by atoms with E-state index < -0.39 is 0 Å². The van der Waals surface area contributed by atoms with Gasteiger partial charge < -0.3 is 9.64 Å². The molecule has 1 aliphatic rings. The van der Waals surface area contributed by atoms with Crippen molar-refractivity contribution in [2.75, 3.05) is 11.9 Å². The number of aryl methyl sites for hydroxylation is 1. The molecule has 0 unspecified atom stereocenters. The smallest absolute Gasteiger partial charge is 0.193 e. The molecule has 0 saturated carbocycles. The van der Waals surface area contributed by atoms with E-state index in [9.17, 15) is 0 Å². The summed E-state index contributed by atoms with van der Waals surface area (Å²) in [4.78, 5) is 1.94. The number of hydrogen-bond donors (Lipinski definition) is 0. The van der Waals surface area contributed by atoms with Gasteiger partial charge in [-0.3, -0.25) is 0 Å². The van der Waals surface area contributed by atoms with E-state index >= 15 is 0 Å². The van der Waals surface area contributed by atoms with Crippen molar-refractivity contribution in [3.63, 3.8) is 0 Å². The molecule has 0 aliphatic carbocycles. The number of nitrogens with zero attached hydrogens (tertiary/aromatic N) is 1.